The van der Waals surface area contributed by atoms with Gasteiger partial charge in [0.05, 0.1) is 31.7 Å². The number of rotatable bonds is 8. The van der Waals surface area contributed by atoms with Crippen molar-refractivity contribution in [3.05, 3.63) is 71.7 Å². The first-order chi connectivity index (χ1) is 15.8. The highest BCUT2D eigenvalue weighted by Crippen LogP contribution is 2.34. The molecule has 0 radical (unpaired) electrons. The summed E-state index contributed by atoms with van der Waals surface area (Å²) in [4.78, 5) is 37.1. The van der Waals surface area contributed by atoms with E-state index in [-0.39, 0.29) is 28.5 Å². The van der Waals surface area contributed by atoms with Crippen LogP contribution in [-0.2, 0) is 9.53 Å². The van der Waals surface area contributed by atoms with Crippen LogP contribution in [0.4, 0.5) is 20.2 Å². The zero-order valence-corrected chi connectivity index (χ0v) is 17.4. The molecular weight excluding hydrogens is 442 g/mol. The molecule has 11 heteroatoms. The first-order valence-electron chi connectivity index (χ1n) is 9.36. The summed E-state index contributed by atoms with van der Waals surface area (Å²) in [5.74, 6) is -4.29. The summed E-state index contributed by atoms with van der Waals surface area (Å²) in [6.07, 6.45) is 1.30. The van der Waals surface area contributed by atoms with Gasteiger partial charge in [-0.3, -0.25) is 9.59 Å². The Bertz CT molecular complexity index is 1160. The molecule has 0 aliphatic rings. The number of para-hydroxylation sites is 1. The van der Waals surface area contributed by atoms with Crippen molar-refractivity contribution in [3.63, 3.8) is 0 Å². The fourth-order valence-electron chi connectivity index (χ4n) is 2.74. The van der Waals surface area contributed by atoms with Crippen molar-refractivity contribution in [2.24, 2.45) is 0 Å². The third kappa shape index (κ3) is 5.45. The Morgan fingerprint density at radius 3 is 2.21 bits per heavy atom. The van der Waals surface area contributed by atoms with Gasteiger partial charge in [-0.05, 0) is 24.3 Å². The minimum absolute atomic E-state index is 0.0143. The number of nitrogens with one attached hydrogen (secondary N) is 2. The molecule has 3 aromatic rings. The summed E-state index contributed by atoms with van der Waals surface area (Å²) >= 11 is 0. The molecule has 33 heavy (non-hydrogen) atoms. The van der Waals surface area contributed by atoms with Gasteiger partial charge in [-0.15, -0.1) is 0 Å². The molecule has 0 fully saturated rings. The number of carbonyl (C=O) groups excluding carboxylic acids is 3. The van der Waals surface area contributed by atoms with E-state index in [0.29, 0.717) is 0 Å². The molecule has 0 bridgehead atoms. The standard InChI is InChI=1S/C22H18F2N2O7/c1-30-17-9-12(15(10-18(17)31-2)25-21(28)16-7-4-8-32-16)22(29)33-11-19(27)26-20-13(23)5-3-6-14(20)24/h3-10H,11H2,1-2H3,(H,25,28)(H,26,27). The topological polar surface area (TPSA) is 116 Å². The predicted molar refractivity (Wildman–Crippen MR) is 111 cm³/mol. The van der Waals surface area contributed by atoms with Crippen molar-refractivity contribution >= 4 is 29.2 Å². The van der Waals surface area contributed by atoms with Crippen LogP contribution in [0.5, 0.6) is 11.5 Å². The number of hydrogen-bond acceptors (Lipinski definition) is 7. The first kappa shape index (κ1) is 23.3. The van der Waals surface area contributed by atoms with Crippen LogP contribution in [0, 0.1) is 11.6 Å². The molecule has 0 aliphatic heterocycles. The van der Waals surface area contributed by atoms with Crippen LogP contribution in [0.15, 0.2) is 53.1 Å². The molecule has 1 aromatic heterocycles. The Labute approximate surface area is 186 Å². The van der Waals surface area contributed by atoms with Crippen molar-refractivity contribution in [2.75, 3.05) is 31.5 Å². The van der Waals surface area contributed by atoms with E-state index < -0.39 is 41.7 Å². The summed E-state index contributed by atoms with van der Waals surface area (Å²) in [7, 11) is 2.70. The van der Waals surface area contributed by atoms with Crippen LogP contribution in [-0.4, -0.2) is 38.6 Å². The lowest BCUT2D eigenvalue weighted by Gasteiger charge is -2.15. The van der Waals surface area contributed by atoms with Crippen molar-refractivity contribution in [3.8, 4) is 11.5 Å². The maximum Gasteiger partial charge on any atom is 0.340 e. The molecule has 9 nitrogen and oxygen atoms in total. The van der Waals surface area contributed by atoms with E-state index in [9.17, 15) is 23.2 Å². The van der Waals surface area contributed by atoms with E-state index in [1.54, 1.807) is 0 Å². The number of benzene rings is 2. The van der Waals surface area contributed by atoms with Crippen molar-refractivity contribution in [1.82, 2.24) is 0 Å². The average molecular weight is 460 g/mol. The molecule has 172 valence electrons. The summed E-state index contributed by atoms with van der Waals surface area (Å²) in [5.41, 5.74) is -0.854. The van der Waals surface area contributed by atoms with Crippen molar-refractivity contribution in [1.29, 1.82) is 0 Å². The number of amides is 2. The Morgan fingerprint density at radius 2 is 1.61 bits per heavy atom. The molecule has 0 spiro atoms. The molecule has 0 saturated heterocycles. The van der Waals surface area contributed by atoms with E-state index in [1.165, 1.54) is 44.7 Å². The van der Waals surface area contributed by atoms with Crippen LogP contribution in [0.3, 0.4) is 0 Å². The van der Waals surface area contributed by atoms with Gasteiger partial charge in [0.1, 0.15) is 17.3 Å². The fraction of sp³-hybridized carbons (Fsp3) is 0.136. The molecule has 2 aromatic carbocycles. The highest BCUT2D eigenvalue weighted by Gasteiger charge is 2.22. The number of esters is 1. The Balaban J connectivity index is 1.79. The first-order valence-corrected chi connectivity index (χ1v) is 9.36. The lowest BCUT2D eigenvalue weighted by molar-refractivity contribution is -0.119. The Hall–Kier alpha value is -4.41. The zero-order valence-electron chi connectivity index (χ0n) is 17.4. The number of hydrogen-bond donors (Lipinski definition) is 2. The third-order valence-corrected chi connectivity index (χ3v) is 4.30. The maximum absolute atomic E-state index is 13.7. The smallest absolute Gasteiger partial charge is 0.340 e. The lowest BCUT2D eigenvalue weighted by Crippen LogP contribution is -2.23. The van der Waals surface area contributed by atoms with Gasteiger partial charge in [-0.25, -0.2) is 13.6 Å². The van der Waals surface area contributed by atoms with Crippen LogP contribution >= 0.6 is 0 Å². The molecule has 0 atom stereocenters. The van der Waals surface area contributed by atoms with Crippen LogP contribution in [0.25, 0.3) is 0 Å². The number of ether oxygens (including phenoxy) is 3. The minimum Gasteiger partial charge on any atom is -0.493 e. The average Bonchev–Trinajstić information content (AvgIpc) is 3.35. The number of methoxy groups -OCH3 is 2. The summed E-state index contributed by atoms with van der Waals surface area (Å²) in [5, 5.41) is 4.49. The Morgan fingerprint density at radius 1 is 0.939 bits per heavy atom. The predicted octanol–water partition coefficient (Wildman–Crippen LogP) is 3.62. The van der Waals surface area contributed by atoms with E-state index in [2.05, 4.69) is 5.32 Å². The van der Waals surface area contributed by atoms with E-state index in [0.717, 1.165) is 18.2 Å². The number of furan rings is 1. The maximum atomic E-state index is 13.7. The van der Waals surface area contributed by atoms with Gasteiger partial charge in [0.15, 0.2) is 23.9 Å². The lowest BCUT2D eigenvalue weighted by atomic mass is 10.1. The van der Waals surface area contributed by atoms with Gasteiger partial charge in [-0.1, -0.05) is 6.07 Å². The number of halogens is 2. The van der Waals surface area contributed by atoms with Crippen LogP contribution in [0.1, 0.15) is 20.9 Å². The molecule has 1 heterocycles. The highest BCUT2D eigenvalue weighted by atomic mass is 19.1. The summed E-state index contributed by atoms with van der Waals surface area (Å²) in [6.45, 7) is -0.855. The quantitative estimate of drug-likeness (QED) is 0.493. The minimum atomic E-state index is -1.02. The van der Waals surface area contributed by atoms with E-state index >= 15 is 0 Å². The van der Waals surface area contributed by atoms with E-state index in [4.69, 9.17) is 18.6 Å². The Kier molecular flexibility index (Phi) is 7.24. The SMILES string of the molecule is COc1cc(NC(=O)c2ccco2)c(C(=O)OCC(=O)Nc2c(F)cccc2F)cc1OC. The molecule has 0 aliphatic carbocycles. The van der Waals surface area contributed by atoms with Crippen LogP contribution < -0.4 is 20.1 Å². The zero-order chi connectivity index (χ0) is 24.0. The van der Waals surface area contributed by atoms with Gasteiger partial charge in [0.2, 0.25) is 0 Å². The van der Waals surface area contributed by atoms with Gasteiger partial charge < -0.3 is 29.3 Å². The van der Waals surface area contributed by atoms with E-state index in [1.807, 2.05) is 5.32 Å². The summed E-state index contributed by atoms with van der Waals surface area (Å²) in [6, 6.07) is 8.55. The number of anilines is 2. The summed E-state index contributed by atoms with van der Waals surface area (Å²) < 4.78 is 47.7. The second-order valence-corrected chi connectivity index (χ2v) is 6.41. The van der Waals surface area contributed by atoms with Crippen LogP contribution in [0.2, 0.25) is 0 Å². The highest BCUT2D eigenvalue weighted by molar-refractivity contribution is 6.07. The molecule has 0 saturated carbocycles. The van der Waals surface area contributed by atoms with Gasteiger partial charge in [-0.2, -0.15) is 0 Å². The second kappa shape index (κ2) is 10.3. The van der Waals surface area contributed by atoms with Crippen molar-refractivity contribution in [2.45, 2.75) is 0 Å². The molecule has 2 N–H and O–H groups in total. The number of carbonyl (C=O) groups is 3. The third-order valence-electron chi connectivity index (χ3n) is 4.30. The molecule has 3 rings (SSSR count). The molecular formula is C22H18F2N2O7. The largest absolute Gasteiger partial charge is 0.493 e. The molecule has 0 unspecified atom stereocenters. The van der Waals surface area contributed by atoms with Gasteiger partial charge in [0.25, 0.3) is 11.8 Å². The van der Waals surface area contributed by atoms with Gasteiger partial charge in [0, 0.05) is 12.1 Å². The monoisotopic (exact) mass is 460 g/mol. The fourth-order valence-corrected chi connectivity index (χ4v) is 2.74. The second-order valence-electron chi connectivity index (χ2n) is 6.41. The normalized spacial score (nSPS) is 10.3. The molecule has 2 amide bonds. The van der Waals surface area contributed by atoms with Gasteiger partial charge >= 0.3 is 5.97 Å². The van der Waals surface area contributed by atoms with Crippen molar-refractivity contribution < 1.29 is 41.8 Å².